The van der Waals surface area contributed by atoms with Crippen LogP contribution in [0.15, 0.2) is 54.2 Å². The van der Waals surface area contributed by atoms with E-state index in [0.717, 1.165) is 36.9 Å². The highest BCUT2D eigenvalue weighted by Crippen LogP contribution is 2.26. The molecule has 0 radical (unpaired) electrons. The molecule has 1 saturated heterocycles. The Balaban J connectivity index is 0.00000225. The van der Waals surface area contributed by atoms with E-state index < -0.39 is 0 Å². The fourth-order valence-electron chi connectivity index (χ4n) is 3.49. The van der Waals surface area contributed by atoms with Crippen LogP contribution in [0.3, 0.4) is 0 Å². The molecule has 0 amide bonds. The predicted octanol–water partition coefficient (Wildman–Crippen LogP) is 2.18. The first kappa shape index (κ1) is 20.3. The Morgan fingerprint density at radius 1 is 1.32 bits per heavy atom. The van der Waals surface area contributed by atoms with Gasteiger partial charge in [-0.15, -0.1) is 24.0 Å². The second-order valence-corrected chi connectivity index (χ2v) is 6.75. The lowest BCUT2D eigenvalue weighted by molar-refractivity contribution is 0.486. The highest BCUT2D eigenvalue weighted by atomic mass is 127. The number of hydrogen-bond acceptors (Lipinski definition) is 4. The van der Waals surface area contributed by atoms with Gasteiger partial charge in [0.05, 0.1) is 6.20 Å². The number of likely N-dealkylation sites (tertiary alicyclic amines) is 1. The van der Waals surface area contributed by atoms with Gasteiger partial charge in [-0.3, -0.25) is 9.67 Å². The van der Waals surface area contributed by atoms with Gasteiger partial charge in [-0.1, -0.05) is 0 Å². The molecule has 3 aromatic rings. The first-order chi connectivity index (χ1) is 13.2. The molecule has 3 aromatic heterocycles. The number of pyridine rings is 1. The molecule has 4 heterocycles. The van der Waals surface area contributed by atoms with E-state index in [4.69, 9.17) is 0 Å². The number of guanidine groups is 1. The van der Waals surface area contributed by atoms with E-state index in [1.807, 2.05) is 55.6 Å². The van der Waals surface area contributed by atoms with Crippen LogP contribution in [0.1, 0.15) is 23.5 Å². The van der Waals surface area contributed by atoms with E-state index in [1.54, 1.807) is 10.9 Å². The van der Waals surface area contributed by atoms with Crippen molar-refractivity contribution in [1.29, 1.82) is 0 Å². The maximum atomic E-state index is 4.47. The van der Waals surface area contributed by atoms with Crippen LogP contribution in [-0.2, 0) is 13.6 Å². The van der Waals surface area contributed by atoms with Gasteiger partial charge in [-0.05, 0) is 35.7 Å². The summed E-state index contributed by atoms with van der Waals surface area (Å²) in [6.07, 6.45) is 10.6. The molecule has 4 rings (SSSR count). The summed E-state index contributed by atoms with van der Waals surface area (Å²) in [6, 6.07) is 5.94. The molecule has 1 aliphatic rings. The van der Waals surface area contributed by atoms with Gasteiger partial charge < -0.3 is 10.2 Å². The summed E-state index contributed by atoms with van der Waals surface area (Å²) < 4.78 is 3.63. The summed E-state index contributed by atoms with van der Waals surface area (Å²) in [5.41, 5.74) is 2.44. The zero-order valence-electron chi connectivity index (χ0n) is 16.1. The van der Waals surface area contributed by atoms with Gasteiger partial charge in [-0.25, -0.2) is 9.67 Å². The second kappa shape index (κ2) is 9.18. The SMILES string of the molecule is CN=C(NCc1ccnc(-n2cccn2)c1)N1CCC(c2cnn(C)c2)C1.I. The quantitative estimate of drug-likeness (QED) is 0.344. The molecule has 8 nitrogen and oxygen atoms in total. The lowest BCUT2D eigenvalue weighted by atomic mass is 10.0. The first-order valence-electron chi connectivity index (χ1n) is 9.12. The van der Waals surface area contributed by atoms with Gasteiger partial charge in [0.1, 0.15) is 0 Å². The van der Waals surface area contributed by atoms with E-state index >= 15 is 0 Å². The zero-order chi connectivity index (χ0) is 18.6. The Labute approximate surface area is 181 Å². The Bertz CT molecular complexity index is 918. The van der Waals surface area contributed by atoms with Crippen molar-refractivity contribution < 1.29 is 0 Å². The van der Waals surface area contributed by atoms with Crippen molar-refractivity contribution in [2.24, 2.45) is 12.0 Å². The van der Waals surface area contributed by atoms with Gasteiger partial charge in [-0.2, -0.15) is 10.2 Å². The van der Waals surface area contributed by atoms with Gasteiger partial charge in [0.15, 0.2) is 11.8 Å². The zero-order valence-corrected chi connectivity index (χ0v) is 18.4. The van der Waals surface area contributed by atoms with Gasteiger partial charge in [0.2, 0.25) is 0 Å². The number of aliphatic imine (C=N–C) groups is 1. The molecule has 1 aliphatic heterocycles. The largest absolute Gasteiger partial charge is 0.352 e. The normalized spacial score (nSPS) is 16.9. The van der Waals surface area contributed by atoms with Crippen LogP contribution in [0, 0.1) is 0 Å². The van der Waals surface area contributed by atoms with Crippen molar-refractivity contribution in [3.05, 3.63) is 60.3 Å². The molecular weight excluding hydrogens is 467 g/mol. The monoisotopic (exact) mass is 492 g/mol. The molecule has 0 saturated carbocycles. The van der Waals surface area contributed by atoms with E-state index in [1.165, 1.54) is 5.56 Å². The topological polar surface area (TPSA) is 76.2 Å². The Morgan fingerprint density at radius 3 is 2.93 bits per heavy atom. The van der Waals surface area contributed by atoms with Crippen LogP contribution < -0.4 is 5.32 Å². The average molecular weight is 492 g/mol. The van der Waals surface area contributed by atoms with Crippen molar-refractivity contribution in [1.82, 2.24) is 34.8 Å². The van der Waals surface area contributed by atoms with Crippen LogP contribution in [0.2, 0.25) is 0 Å². The predicted molar refractivity (Wildman–Crippen MR) is 119 cm³/mol. The summed E-state index contributed by atoms with van der Waals surface area (Å²) in [6.45, 7) is 2.64. The number of nitrogens with one attached hydrogen (secondary N) is 1. The molecule has 1 unspecified atom stereocenters. The molecular formula is C19H25IN8. The minimum absolute atomic E-state index is 0. The van der Waals surface area contributed by atoms with E-state index in [-0.39, 0.29) is 24.0 Å². The summed E-state index contributed by atoms with van der Waals surface area (Å²) >= 11 is 0. The molecule has 0 spiro atoms. The van der Waals surface area contributed by atoms with Gasteiger partial charge in [0, 0.05) is 64.4 Å². The molecule has 1 atom stereocenters. The van der Waals surface area contributed by atoms with E-state index in [9.17, 15) is 0 Å². The van der Waals surface area contributed by atoms with Gasteiger partial charge >= 0.3 is 0 Å². The summed E-state index contributed by atoms with van der Waals surface area (Å²) in [7, 11) is 3.80. The molecule has 28 heavy (non-hydrogen) atoms. The highest BCUT2D eigenvalue weighted by Gasteiger charge is 2.26. The summed E-state index contributed by atoms with van der Waals surface area (Å²) in [4.78, 5) is 11.2. The molecule has 0 aliphatic carbocycles. The third-order valence-electron chi connectivity index (χ3n) is 4.90. The molecule has 0 aromatic carbocycles. The molecule has 1 fully saturated rings. The Morgan fingerprint density at radius 2 is 2.21 bits per heavy atom. The standard InChI is InChI=1S/C19H24N8.HI/c1-20-19(26-9-5-16(14-26)17-12-24-25(2)13-17)22-11-15-4-7-21-18(10-15)27-8-3-6-23-27;/h3-4,6-8,10,12-13,16H,5,9,11,14H2,1-2H3,(H,20,22);1H. The number of hydrogen-bond donors (Lipinski definition) is 1. The second-order valence-electron chi connectivity index (χ2n) is 6.75. The number of nitrogens with zero attached hydrogens (tertiary/aromatic N) is 7. The van der Waals surface area contributed by atoms with Crippen molar-refractivity contribution in [3.63, 3.8) is 0 Å². The summed E-state index contributed by atoms with van der Waals surface area (Å²) in [5.74, 6) is 2.25. The molecule has 148 valence electrons. The third-order valence-corrected chi connectivity index (χ3v) is 4.90. The maximum Gasteiger partial charge on any atom is 0.193 e. The number of aromatic nitrogens is 5. The average Bonchev–Trinajstić information content (AvgIpc) is 3.44. The van der Waals surface area contributed by atoms with Gasteiger partial charge in [0.25, 0.3) is 0 Å². The van der Waals surface area contributed by atoms with Crippen LogP contribution in [0.5, 0.6) is 0 Å². The van der Waals surface area contributed by atoms with Crippen LogP contribution in [0.4, 0.5) is 0 Å². The van der Waals surface area contributed by atoms with Crippen LogP contribution >= 0.6 is 24.0 Å². The number of halogens is 1. The Hall–Kier alpha value is -2.43. The van der Waals surface area contributed by atoms with Crippen molar-refractivity contribution >= 4 is 29.9 Å². The Kier molecular flexibility index (Phi) is 6.65. The van der Waals surface area contributed by atoms with Crippen LogP contribution in [0.25, 0.3) is 5.82 Å². The smallest absolute Gasteiger partial charge is 0.193 e. The molecule has 1 N–H and O–H groups in total. The minimum atomic E-state index is 0. The maximum absolute atomic E-state index is 4.47. The summed E-state index contributed by atoms with van der Waals surface area (Å²) in [5, 5.41) is 12.0. The van der Waals surface area contributed by atoms with Crippen LogP contribution in [-0.4, -0.2) is 55.5 Å². The molecule has 0 bridgehead atoms. The fourth-order valence-corrected chi connectivity index (χ4v) is 3.49. The van der Waals surface area contributed by atoms with E-state index in [2.05, 4.69) is 36.6 Å². The number of aryl methyl sites for hydroxylation is 1. The lowest BCUT2D eigenvalue weighted by Crippen LogP contribution is -2.39. The van der Waals surface area contributed by atoms with E-state index in [0.29, 0.717) is 12.5 Å². The lowest BCUT2D eigenvalue weighted by Gasteiger charge is -2.21. The molecule has 9 heteroatoms. The third kappa shape index (κ3) is 4.51. The van der Waals surface area contributed by atoms with Crippen molar-refractivity contribution in [2.45, 2.75) is 18.9 Å². The highest BCUT2D eigenvalue weighted by molar-refractivity contribution is 14.0. The van der Waals surface area contributed by atoms with Crippen molar-refractivity contribution in [2.75, 3.05) is 20.1 Å². The minimum Gasteiger partial charge on any atom is -0.352 e. The first-order valence-corrected chi connectivity index (χ1v) is 9.12. The number of rotatable bonds is 4. The fraction of sp³-hybridized carbons (Fsp3) is 0.368. The van der Waals surface area contributed by atoms with Crippen molar-refractivity contribution in [3.8, 4) is 5.82 Å².